The van der Waals surface area contributed by atoms with Crippen molar-refractivity contribution < 1.29 is 5.11 Å². The van der Waals surface area contributed by atoms with Crippen molar-refractivity contribution in [2.45, 2.75) is 6.61 Å². The summed E-state index contributed by atoms with van der Waals surface area (Å²) in [5.74, 6) is 0. The molecule has 0 saturated heterocycles. The van der Waals surface area contributed by atoms with E-state index in [2.05, 4.69) is 11.2 Å². The molecular formula is C12H8ClN2NaOS. The van der Waals surface area contributed by atoms with Crippen LogP contribution in [0.4, 0.5) is 0 Å². The SMILES string of the molecule is OCc1c(-c2ccc(Cl)cc2)nc2s[c]([Na])cn12. The number of fused-ring (bicyclic) bond motifs is 1. The van der Waals surface area contributed by atoms with Gasteiger partial charge in [-0.2, -0.15) is 0 Å². The first kappa shape index (κ1) is 12.7. The molecule has 86 valence electrons. The molecule has 6 heteroatoms. The molecule has 0 spiro atoms. The van der Waals surface area contributed by atoms with Crippen molar-refractivity contribution in [3.63, 3.8) is 0 Å². The van der Waals surface area contributed by atoms with Gasteiger partial charge >= 0.3 is 131 Å². The Kier molecular flexibility index (Phi) is 3.49. The van der Waals surface area contributed by atoms with Crippen molar-refractivity contribution in [1.82, 2.24) is 9.38 Å². The van der Waals surface area contributed by atoms with E-state index in [-0.39, 0.29) is 6.61 Å². The molecule has 2 aromatic heterocycles. The first-order chi connectivity index (χ1) is 8.69. The van der Waals surface area contributed by atoms with E-state index in [0.29, 0.717) is 5.02 Å². The fourth-order valence-electron chi connectivity index (χ4n) is 1.99. The molecule has 2 heterocycles. The summed E-state index contributed by atoms with van der Waals surface area (Å²) in [4.78, 5) is 5.54. The summed E-state index contributed by atoms with van der Waals surface area (Å²) in [5.41, 5.74) is 2.65. The normalized spacial score (nSPS) is 11.3. The standard InChI is InChI=1S/C12H8ClN2OS.Na/c13-9-3-1-8(2-4-9)11-10(7-16)15-5-6-17-12(15)14-11;/h1-5,16H,7H2;. The molecule has 0 saturated carbocycles. The van der Waals surface area contributed by atoms with E-state index in [0.717, 1.165) is 49.8 Å². The third-order valence-corrected chi connectivity index (χ3v) is 4.83. The fraction of sp³-hybridized carbons (Fsp3) is 0.0833. The number of imidazole rings is 1. The summed E-state index contributed by atoms with van der Waals surface area (Å²) in [7, 11) is 0. The maximum atomic E-state index is 9.56. The number of aliphatic hydroxyl groups is 1. The molecule has 1 aromatic carbocycles. The first-order valence-electron chi connectivity index (χ1n) is 5.53. The first-order valence-corrected chi connectivity index (χ1v) is 7.72. The predicted octanol–water partition coefficient (Wildman–Crippen LogP) is 2.00. The summed E-state index contributed by atoms with van der Waals surface area (Å²) in [6.45, 7) is -0.0170. The second-order valence-electron chi connectivity index (χ2n) is 4.07. The van der Waals surface area contributed by atoms with Crippen LogP contribution >= 0.6 is 22.9 Å². The van der Waals surface area contributed by atoms with Crippen LogP contribution in [0.25, 0.3) is 16.2 Å². The topological polar surface area (TPSA) is 37.5 Å². The van der Waals surface area contributed by atoms with Crippen molar-refractivity contribution in [3.05, 3.63) is 41.2 Å². The zero-order valence-corrected chi connectivity index (χ0v) is 13.3. The molecule has 0 aliphatic heterocycles. The number of halogens is 1. The van der Waals surface area contributed by atoms with Crippen LogP contribution in [0.15, 0.2) is 30.5 Å². The van der Waals surface area contributed by atoms with E-state index in [1.54, 1.807) is 11.3 Å². The van der Waals surface area contributed by atoms with Gasteiger partial charge in [-0.15, -0.1) is 0 Å². The van der Waals surface area contributed by atoms with E-state index in [1.807, 2.05) is 28.7 Å². The second kappa shape index (κ2) is 4.96. The van der Waals surface area contributed by atoms with E-state index < -0.39 is 0 Å². The molecule has 0 fully saturated rings. The Labute approximate surface area is 130 Å². The van der Waals surface area contributed by atoms with E-state index in [4.69, 9.17) is 11.6 Å². The van der Waals surface area contributed by atoms with Gasteiger partial charge in [0.05, 0.1) is 0 Å². The van der Waals surface area contributed by atoms with Gasteiger partial charge in [-0.25, -0.2) is 0 Å². The van der Waals surface area contributed by atoms with Crippen molar-refractivity contribution in [2.75, 3.05) is 0 Å². The Morgan fingerprint density at radius 1 is 1.33 bits per heavy atom. The quantitative estimate of drug-likeness (QED) is 0.732. The molecule has 0 radical (unpaired) electrons. The molecular weight excluding hydrogens is 279 g/mol. The minimum atomic E-state index is -0.0170. The van der Waals surface area contributed by atoms with Gasteiger partial charge in [0.15, 0.2) is 0 Å². The molecule has 0 bridgehead atoms. The molecule has 3 nitrogen and oxygen atoms in total. The van der Waals surface area contributed by atoms with Gasteiger partial charge in [0.1, 0.15) is 0 Å². The van der Waals surface area contributed by atoms with Crippen LogP contribution in [0.1, 0.15) is 5.69 Å². The Morgan fingerprint density at radius 3 is 2.72 bits per heavy atom. The zero-order valence-electron chi connectivity index (χ0n) is 9.72. The summed E-state index contributed by atoms with van der Waals surface area (Å²) in [6, 6.07) is 7.53. The monoisotopic (exact) mass is 286 g/mol. The second-order valence-corrected chi connectivity index (χ2v) is 7.52. The molecule has 0 atom stereocenters. The number of aliphatic hydroxyl groups excluding tert-OH is 1. The number of hydrogen-bond acceptors (Lipinski definition) is 3. The Morgan fingerprint density at radius 2 is 2.06 bits per heavy atom. The maximum absolute atomic E-state index is 9.56. The van der Waals surface area contributed by atoms with E-state index >= 15 is 0 Å². The molecule has 0 unspecified atom stereocenters. The third-order valence-electron chi connectivity index (χ3n) is 2.81. The van der Waals surface area contributed by atoms with Gasteiger partial charge in [-0.3, -0.25) is 0 Å². The van der Waals surface area contributed by atoms with Gasteiger partial charge in [0.25, 0.3) is 0 Å². The van der Waals surface area contributed by atoms with Crippen LogP contribution in [0, 0.1) is 0 Å². The number of nitrogens with zero attached hydrogens (tertiary/aromatic N) is 2. The summed E-state index contributed by atoms with van der Waals surface area (Å²) >= 11 is 8.56. The number of aromatic nitrogens is 2. The molecule has 0 amide bonds. The number of benzene rings is 1. The molecule has 0 aliphatic carbocycles. The number of rotatable bonds is 2. The number of thiazole rings is 1. The Balaban J connectivity index is 2.22. The van der Waals surface area contributed by atoms with Gasteiger partial charge in [0.2, 0.25) is 0 Å². The zero-order chi connectivity index (χ0) is 12.7. The van der Waals surface area contributed by atoms with Crippen molar-refractivity contribution in [3.8, 4) is 11.3 Å². The van der Waals surface area contributed by atoms with Crippen LogP contribution in [-0.4, -0.2) is 42.4 Å². The van der Waals surface area contributed by atoms with Crippen molar-refractivity contribution in [1.29, 1.82) is 0 Å². The van der Waals surface area contributed by atoms with Crippen LogP contribution in [0.2, 0.25) is 5.02 Å². The number of hydrogen-bond donors (Lipinski definition) is 1. The molecule has 1 N–H and O–H groups in total. The Hall–Kier alpha value is -0.360. The molecule has 0 aliphatic rings. The Bertz CT molecular complexity index is 705. The average molecular weight is 287 g/mol. The van der Waals surface area contributed by atoms with Crippen LogP contribution in [0.3, 0.4) is 0 Å². The van der Waals surface area contributed by atoms with Gasteiger partial charge in [-0.1, -0.05) is 0 Å². The van der Waals surface area contributed by atoms with Crippen LogP contribution in [0.5, 0.6) is 0 Å². The molecule has 18 heavy (non-hydrogen) atoms. The minimum absolute atomic E-state index is 0.0170. The third kappa shape index (κ3) is 2.13. The summed E-state index contributed by atoms with van der Waals surface area (Å²) in [6.07, 6.45) is 2.06. The fourth-order valence-corrected chi connectivity index (χ4v) is 3.77. The molecule has 3 aromatic rings. The van der Waals surface area contributed by atoms with Gasteiger partial charge in [0, 0.05) is 0 Å². The van der Waals surface area contributed by atoms with Gasteiger partial charge in [-0.05, 0) is 0 Å². The van der Waals surface area contributed by atoms with Crippen molar-refractivity contribution >= 4 is 58.0 Å². The van der Waals surface area contributed by atoms with Crippen molar-refractivity contribution in [2.24, 2.45) is 0 Å². The molecule has 3 rings (SSSR count). The summed E-state index contributed by atoms with van der Waals surface area (Å²) in [5, 5.41) is 10.3. The van der Waals surface area contributed by atoms with Crippen LogP contribution in [-0.2, 0) is 6.61 Å². The van der Waals surface area contributed by atoms with Crippen LogP contribution < -0.4 is 2.13 Å². The average Bonchev–Trinajstić information content (AvgIpc) is 2.85. The van der Waals surface area contributed by atoms with Gasteiger partial charge < -0.3 is 0 Å². The predicted molar refractivity (Wildman–Crippen MR) is 74.8 cm³/mol. The summed E-state index contributed by atoms with van der Waals surface area (Å²) < 4.78 is 3.30. The van der Waals surface area contributed by atoms with E-state index in [9.17, 15) is 5.11 Å². The van der Waals surface area contributed by atoms with E-state index in [1.165, 1.54) is 2.13 Å².